The second-order valence-electron chi connectivity index (χ2n) is 6.73. The smallest absolute Gasteiger partial charge is 0.410 e. The van der Waals surface area contributed by atoms with Crippen LogP contribution in [-0.4, -0.2) is 46.8 Å². The summed E-state index contributed by atoms with van der Waals surface area (Å²) in [6.07, 6.45) is 1.67. The third-order valence-corrected chi connectivity index (χ3v) is 3.70. The molecule has 2 N–H and O–H groups in total. The molecule has 0 aliphatic carbocycles. The minimum Gasteiger partial charge on any atom is -0.481 e. The van der Waals surface area contributed by atoms with Crippen LogP contribution in [0.3, 0.4) is 0 Å². The zero-order valence-electron chi connectivity index (χ0n) is 14.2. The molecule has 2 heterocycles. The summed E-state index contributed by atoms with van der Waals surface area (Å²) >= 11 is 0. The number of furan rings is 1. The fourth-order valence-electron chi connectivity index (χ4n) is 2.58. The van der Waals surface area contributed by atoms with Gasteiger partial charge in [-0.15, -0.1) is 12.4 Å². The van der Waals surface area contributed by atoms with Crippen LogP contribution in [0.1, 0.15) is 33.0 Å². The molecule has 1 aromatic rings. The van der Waals surface area contributed by atoms with Gasteiger partial charge in [0.2, 0.25) is 0 Å². The average molecular weight is 361 g/mol. The van der Waals surface area contributed by atoms with E-state index in [2.05, 4.69) is 5.32 Å². The lowest BCUT2D eigenvalue weighted by Gasteiger charge is -2.37. The number of halogens is 1. The summed E-state index contributed by atoms with van der Waals surface area (Å²) in [6, 6.07) is 3.41. The van der Waals surface area contributed by atoms with Gasteiger partial charge in [-0.25, -0.2) is 4.79 Å². The van der Waals surface area contributed by atoms with E-state index in [0.717, 1.165) is 5.76 Å². The monoisotopic (exact) mass is 360 g/mol. The van der Waals surface area contributed by atoms with Crippen LogP contribution in [0.4, 0.5) is 4.79 Å². The van der Waals surface area contributed by atoms with E-state index in [1.165, 1.54) is 4.90 Å². The van der Waals surface area contributed by atoms with Crippen molar-refractivity contribution in [3.8, 4) is 0 Å². The number of carboxylic acid groups (broad SMARTS) is 1. The molecule has 0 bridgehead atoms. The molecule has 0 aromatic carbocycles. The number of carboxylic acids is 1. The van der Waals surface area contributed by atoms with Gasteiger partial charge < -0.3 is 24.5 Å². The molecule has 1 aliphatic rings. The van der Waals surface area contributed by atoms with Gasteiger partial charge in [-0.2, -0.15) is 0 Å². The van der Waals surface area contributed by atoms with Crippen molar-refractivity contribution in [1.82, 2.24) is 10.2 Å². The molecule has 2 rings (SSSR count). The molecule has 2 atom stereocenters. The van der Waals surface area contributed by atoms with E-state index in [9.17, 15) is 14.7 Å². The average Bonchev–Trinajstić information content (AvgIpc) is 2.96. The van der Waals surface area contributed by atoms with E-state index < -0.39 is 23.6 Å². The third-order valence-electron chi connectivity index (χ3n) is 3.70. The summed E-state index contributed by atoms with van der Waals surface area (Å²) < 4.78 is 10.6. The number of hydrogen-bond donors (Lipinski definition) is 2. The van der Waals surface area contributed by atoms with Crippen LogP contribution in [0.15, 0.2) is 22.8 Å². The third kappa shape index (κ3) is 5.72. The Morgan fingerprint density at radius 1 is 1.46 bits per heavy atom. The second-order valence-corrected chi connectivity index (χ2v) is 6.73. The van der Waals surface area contributed by atoms with Crippen molar-refractivity contribution >= 4 is 24.5 Å². The zero-order valence-corrected chi connectivity index (χ0v) is 15.0. The number of rotatable bonds is 4. The van der Waals surface area contributed by atoms with Gasteiger partial charge in [0.1, 0.15) is 11.4 Å². The molecule has 1 fully saturated rings. The van der Waals surface area contributed by atoms with Gasteiger partial charge in [-0.05, 0) is 39.3 Å². The number of carbonyl (C=O) groups is 2. The highest BCUT2D eigenvalue weighted by molar-refractivity contribution is 5.85. The van der Waals surface area contributed by atoms with Gasteiger partial charge in [-0.1, -0.05) is 0 Å². The van der Waals surface area contributed by atoms with Crippen LogP contribution in [-0.2, 0) is 16.1 Å². The molecule has 8 heteroatoms. The number of nitrogens with one attached hydrogen (secondary N) is 1. The van der Waals surface area contributed by atoms with Crippen LogP contribution in [0.25, 0.3) is 0 Å². The predicted octanol–water partition coefficient (Wildman–Crippen LogP) is 2.50. The quantitative estimate of drug-likeness (QED) is 0.857. The van der Waals surface area contributed by atoms with Crippen molar-refractivity contribution in [3.05, 3.63) is 24.2 Å². The van der Waals surface area contributed by atoms with Gasteiger partial charge in [0.25, 0.3) is 0 Å². The van der Waals surface area contributed by atoms with Gasteiger partial charge in [0.15, 0.2) is 0 Å². The van der Waals surface area contributed by atoms with Crippen molar-refractivity contribution in [1.29, 1.82) is 0 Å². The highest BCUT2D eigenvalue weighted by atomic mass is 35.5. The maximum Gasteiger partial charge on any atom is 0.410 e. The maximum absolute atomic E-state index is 12.1. The minimum absolute atomic E-state index is 0. The van der Waals surface area contributed by atoms with Crippen molar-refractivity contribution in [2.75, 3.05) is 13.1 Å². The van der Waals surface area contributed by atoms with Gasteiger partial charge in [0, 0.05) is 19.1 Å². The summed E-state index contributed by atoms with van der Waals surface area (Å²) in [5, 5.41) is 12.7. The SMILES string of the molecule is CC(C)(C)OC(=O)N1CCC(NCc2ccco2)C(C(=O)O)C1.Cl. The van der Waals surface area contributed by atoms with Crippen molar-refractivity contribution < 1.29 is 23.8 Å². The zero-order chi connectivity index (χ0) is 17.0. The molecular formula is C16H25ClN2O5. The maximum atomic E-state index is 12.1. The molecule has 0 saturated carbocycles. The summed E-state index contributed by atoms with van der Waals surface area (Å²) in [7, 11) is 0. The van der Waals surface area contributed by atoms with Crippen molar-refractivity contribution in [2.45, 2.75) is 45.4 Å². The second kappa shape index (κ2) is 8.39. The Labute approximate surface area is 147 Å². The van der Waals surface area contributed by atoms with E-state index in [4.69, 9.17) is 9.15 Å². The molecule has 1 saturated heterocycles. The van der Waals surface area contributed by atoms with E-state index in [-0.39, 0.29) is 25.0 Å². The lowest BCUT2D eigenvalue weighted by Crippen LogP contribution is -2.54. The fourth-order valence-corrected chi connectivity index (χ4v) is 2.58. The first kappa shape index (κ1) is 20.3. The number of carbonyl (C=O) groups excluding carboxylic acids is 1. The van der Waals surface area contributed by atoms with Crippen LogP contribution in [0, 0.1) is 5.92 Å². The minimum atomic E-state index is -0.921. The molecular weight excluding hydrogens is 336 g/mol. The normalized spacial score (nSPS) is 21.0. The molecule has 136 valence electrons. The summed E-state index contributed by atoms with van der Waals surface area (Å²) in [6.45, 7) is 6.44. The number of amides is 1. The van der Waals surface area contributed by atoms with Crippen LogP contribution < -0.4 is 5.32 Å². The molecule has 1 aromatic heterocycles. The van der Waals surface area contributed by atoms with Crippen molar-refractivity contribution in [2.24, 2.45) is 5.92 Å². The Morgan fingerprint density at radius 2 is 2.17 bits per heavy atom. The number of aliphatic carboxylic acids is 1. The first-order chi connectivity index (χ1) is 10.8. The largest absolute Gasteiger partial charge is 0.481 e. The van der Waals surface area contributed by atoms with Gasteiger partial charge in [0.05, 0.1) is 18.7 Å². The fraction of sp³-hybridized carbons (Fsp3) is 0.625. The lowest BCUT2D eigenvalue weighted by molar-refractivity contribution is -0.144. The molecule has 1 amide bonds. The number of nitrogens with zero attached hydrogens (tertiary/aromatic N) is 1. The van der Waals surface area contributed by atoms with E-state index in [0.29, 0.717) is 19.5 Å². The first-order valence-corrected chi connectivity index (χ1v) is 7.73. The topological polar surface area (TPSA) is 92.0 Å². The molecule has 7 nitrogen and oxygen atoms in total. The summed E-state index contributed by atoms with van der Waals surface area (Å²) in [5.74, 6) is -0.842. The van der Waals surface area contributed by atoms with Gasteiger partial charge >= 0.3 is 12.1 Å². The summed E-state index contributed by atoms with van der Waals surface area (Å²) in [5.41, 5.74) is -0.593. The molecule has 0 radical (unpaired) electrons. The van der Waals surface area contributed by atoms with E-state index in [1.807, 2.05) is 6.07 Å². The number of likely N-dealkylation sites (tertiary alicyclic amines) is 1. The number of ether oxygens (including phenoxy) is 1. The van der Waals surface area contributed by atoms with Crippen LogP contribution in [0.2, 0.25) is 0 Å². The Bertz CT molecular complexity index is 541. The highest BCUT2D eigenvalue weighted by Crippen LogP contribution is 2.21. The molecule has 24 heavy (non-hydrogen) atoms. The number of piperidine rings is 1. The van der Waals surface area contributed by atoms with E-state index in [1.54, 1.807) is 33.1 Å². The summed E-state index contributed by atoms with van der Waals surface area (Å²) in [4.78, 5) is 25.1. The molecule has 2 unspecified atom stereocenters. The van der Waals surface area contributed by atoms with Crippen LogP contribution in [0.5, 0.6) is 0 Å². The Hall–Kier alpha value is -1.73. The Morgan fingerprint density at radius 3 is 2.71 bits per heavy atom. The van der Waals surface area contributed by atoms with Crippen molar-refractivity contribution in [3.63, 3.8) is 0 Å². The Balaban J connectivity index is 0.00000288. The van der Waals surface area contributed by atoms with E-state index >= 15 is 0 Å². The van der Waals surface area contributed by atoms with Crippen LogP contribution >= 0.6 is 12.4 Å². The number of hydrogen-bond acceptors (Lipinski definition) is 5. The van der Waals surface area contributed by atoms with Gasteiger partial charge in [-0.3, -0.25) is 4.79 Å². The predicted molar refractivity (Wildman–Crippen MR) is 90.1 cm³/mol. The standard InChI is InChI=1S/C16H24N2O5.ClH/c1-16(2,3)23-15(21)18-7-6-13(12(10-18)14(19)20)17-9-11-5-4-8-22-11;/h4-5,8,12-13,17H,6-7,9-10H2,1-3H3,(H,19,20);1H. The highest BCUT2D eigenvalue weighted by Gasteiger charge is 2.37. The Kier molecular flexibility index (Phi) is 7.10. The molecule has 0 spiro atoms. The molecule has 1 aliphatic heterocycles. The lowest BCUT2D eigenvalue weighted by atomic mass is 9.92. The first-order valence-electron chi connectivity index (χ1n) is 7.73.